The van der Waals surface area contributed by atoms with Crippen LogP contribution >= 0.6 is 0 Å². The van der Waals surface area contributed by atoms with E-state index in [9.17, 15) is 4.79 Å². The number of carbonyl (C=O) groups excluding carboxylic acids is 1. The number of hydrogen-bond donors (Lipinski definition) is 1. The first-order valence-electron chi connectivity index (χ1n) is 9.86. The fraction of sp³-hybridized carbons (Fsp3) is 0.125. The van der Waals surface area contributed by atoms with Gasteiger partial charge in [-0.3, -0.25) is 9.78 Å². The molecule has 6 heteroatoms. The van der Waals surface area contributed by atoms with Gasteiger partial charge in [0.05, 0.1) is 29.7 Å². The summed E-state index contributed by atoms with van der Waals surface area (Å²) in [6.07, 6.45) is 5.72. The maximum atomic E-state index is 12.6. The van der Waals surface area contributed by atoms with E-state index in [1.165, 1.54) is 0 Å². The van der Waals surface area contributed by atoms with Crippen LogP contribution in [0.25, 0.3) is 16.9 Å². The van der Waals surface area contributed by atoms with Crippen LogP contribution in [0.5, 0.6) is 5.75 Å². The lowest BCUT2D eigenvalue weighted by Crippen LogP contribution is -2.34. The minimum atomic E-state index is -0.165. The van der Waals surface area contributed by atoms with E-state index < -0.39 is 0 Å². The summed E-state index contributed by atoms with van der Waals surface area (Å²) >= 11 is 0. The Hall–Kier alpha value is -3.93. The third kappa shape index (κ3) is 3.55. The van der Waals surface area contributed by atoms with Crippen molar-refractivity contribution in [3.05, 3.63) is 96.4 Å². The Balaban J connectivity index is 1.25. The number of fused-ring (bicyclic) bond motifs is 1. The number of ether oxygens (including phenoxy) is 1. The van der Waals surface area contributed by atoms with E-state index in [0.717, 1.165) is 34.7 Å². The van der Waals surface area contributed by atoms with Gasteiger partial charge in [0.2, 0.25) is 0 Å². The Morgan fingerprint density at radius 2 is 1.93 bits per heavy atom. The highest BCUT2D eigenvalue weighted by Gasteiger charge is 2.26. The SMILES string of the molecule is O=C(NC[C@@H]1Cc2cccc(-c3ccccn3)c2O1)c1cnn(-c2ccccc2)c1. The molecule has 2 aromatic heterocycles. The Morgan fingerprint density at radius 1 is 1.07 bits per heavy atom. The predicted octanol–water partition coefficient (Wildman–Crippen LogP) is 3.67. The number of amides is 1. The van der Waals surface area contributed by atoms with Crippen LogP contribution in [-0.4, -0.2) is 33.3 Å². The minimum Gasteiger partial charge on any atom is -0.487 e. The zero-order chi connectivity index (χ0) is 20.3. The zero-order valence-electron chi connectivity index (χ0n) is 16.2. The highest BCUT2D eigenvalue weighted by atomic mass is 16.5. The first kappa shape index (κ1) is 18.1. The highest BCUT2D eigenvalue weighted by Crippen LogP contribution is 2.37. The van der Waals surface area contributed by atoms with Crippen LogP contribution in [-0.2, 0) is 6.42 Å². The summed E-state index contributed by atoms with van der Waals surface area (Å²) in [6, 6.07) is 21.6. The molecule has 1 aliphatic rings. The van der Waals surface area contributed by atoms with Gasteiger partial charge in [-0.25, -0.2) is 4.68 Å². The Morgan fingerprint density at radius 3 is 2.77 bits per heavy atom. The number of para-hydroxylation sites is 2. The third-order valence-corrected chi connectivity index (χ3v) is 5.13. The predicted molar refractivity (Wildman–Crippen MR) is 114 cm³/mol. The maximum Gasteiger partial charge on any atom is 0.254 e. The number of benzene rings is 2. The minimum absolute atomic E-state index is 0.113. The first-order valence-corrected chi connectivity index (χ1v) is 9.86. The molecule has 0 spiro atoms. The molecule has 3 heterocycles. The molecule has 1 aliphatic heterocycles. The van der Waals surface area contributed by atoms with E-state index in [0.29, 0.717) is 12.1 Å². The number of hydrogen-bond acceptors (Lipinski definition) is 4. The molecule has 6 nitrogen and oxygen atoms in total. The molecule has 0 unspecified atom stereocenters. The molecule has 0 saturated carbocycles. The van der Waals surface area contributed by atoms with Crippen molar-refractivity contribution >= 4 is 5.91 Å². The fourth-order valence-electron chi connectivity index (χ4n) is 3.65. The van der Waals surface area contributed by atoms with Crippen LogP contribution in [0.2, 0.25) is 0 Å². The van der Waals surface area contributed by atoms with Crippen LogP contribution in [0.15, 0.2) is 85.3 Å². The lowest BCUT2D eigenvalue weighted by atomic mass is 10.0. The van der Waals surface area contributed by atoms with Gasteiger partial charge in [0, 0.05) is 24.4 Å². The quantitative estimate of drug-likeness (QED) is 0.559. The van der Waals surface area contributed by atoms with Crippen molar-refractivity contribution < 1.29 is 9.53 Å². The average molecular weight is 396 g/mol. The van der Waals surface area contributed by atoms with Gasteiger partial charge in [0.1, 0.15) is 11.9 Å². The molecule has 0 fully saturated rings. The number of rotatable bonds is 5. The molecule has 30 heavy (non-hydrogen) atoms. The zero-order valence-corrected chi connectivity index (χ0v) is 16.2. The van der Waals surface area contributed by atoms with Crippen LogP contribution in [0.3, 0.4) is 0 Å². The summed E-state index contributed by atoms with van der Waals surface area (Å²) in [6.45, 7) is 0.422. The molecule has 5 rings (SSSR count). The number of nitrogens with one attached hydrogen (secondary N) is 1. The lowest BCUT2D eigenvalue weighted by Gasteiger charge is -2.13. The van der Waals surface area contributed by atoms with Crippen molar-refractivity contribution in [2.45, 2.75) is 12.5 Å². The van der Waals surface area contributed by atoms with Gasteiger partial charge in [0.25, 0.3) is 5.91 Å². The molecule has 148 valence electrons. The molecule has 2 aromatic carbocycles. The van der Waals surface area contributed by atoms with Crippen molar-refractivity contribution in [2.24, 2.45) is 0 Å². The van der Waals surface area contributed by atoms with Crippen molar-refractivity contribution in [1.29, 1.82) is 0 Å². The largest absolute Gasteiger partial charge is 0.487 e. The molecule has 0 saturated heterocycles. The van der Waals surface area contributed by atoms with Crippen molar-refractivity contribution in [2.75, 3.05) is 6.54 Å². The Labute approximate surface area is 174 Å². The molecule has 1 amide bonds. The molecule has 0 bridgehead atoms. The highest BCUT2D eigenvalue weighted by molar-refractivity contribution is 5.93. The average Bonchev–Trinajstić information content (AvgIpc) is 3.46. The summed E-state index contributed by atoms with van der Waals surface area (Å²) in [5.74, 6) is 0.689. The second-order valence-electron chi connectivity index (χ2n) is 7.17. The van der Waals surface area contributed by atoms with E-state index in [1.807, 2.05) is 60.7 Å². The maximum absolute atomic E-state index is 12.6. The molecular weight excluding hydrogens is 376 g/mol. The van der Waals surface area contributed by atoms with Crippen molar-refractivity contribution in [3.8, 4) is 22.7 Å². The van der Waals surface area contributed by atoms with Crippen LogP contribution in [0, 0.1) is 0 Å². The van der Waals surface area contributed by atoms with Gasteiger partial charge in [-0.2, -0.15) is 5.10 Å². The Kier molecular flexibility index (Phi) is 4.73. The monoisotopic (exact) mass is 396 g/mol. The smallest absolute Gasteiger partial charge is 0.254 e. The summed E-state index contributed by atoms with van der Waals surface area (Å²) in [7, 11) is 0. The number of nitrogens with zero attached hydrogens (tertiary/aromatic N) is 3. The standard InChI is InChI=1S/C24H20N4O2/c29-24(18-14-27-28(16-18)19-8-2-1-3-9-19)26-15-20-13-17-7-6-10-21(23(17)30-20)22-11-4-5-12-25-22/h1-12,14,16,20H,13,15H2,(H,26,29)/t20-/m0/s1. The molecule has 1 atom stereocenters. The molecule has 4 aromatic rings. The Bertz CT molecular complexity index is 1170. The van der Waals surface area contributed by atoms with Crippen LogP contribution < -0.4 is 10.1 Å². The fourth-order valence-corrected chi connectivity index (χ4v) is 3.65. The molecular formula is C24H20N4O2. The van der Waals surface area contributed by atoms with Gasteiger partial charge in [-0.05, 0) is 35.9 Å². The second-order valence-corrected chi connectivity index (χ2v) is 7.17. The third-order valence-electron chi connectivity index (χ3n) is 5.13. The van der Waals surface area contributed by atoms with E-state index in [1.54, 1.807) is 23.3 Å². The second kappa shape index (κ2) is 7.83. The summed E-state index contributed by atoms with van der Waals surface area (Å²) in [5, 5.41) is 7.25. The molecule has 1 N–H and O–H groups in total. The van der Waals surface area contributed by atoms with E-state index >= 15 is 0 Å². The van der Waals surface area contributed by atoms with Gasteiger partial charge < -0.3 is 10.1 Å². The topological polar surface area (TPSA) is 69.0 Å². The summed E-state index contributed by atoms with van der Waals surface area (Å²) < 4.78 is 7.87. The normalized spacial score (nSPS) is 14.7. The number of pyridine rings is 1. The van der Waals surface area contributed by atoms with Crippen molar-refractivity contribution in [1.82, 2.24) is 20.1 Å². The van der Waals surface area contributed by atoms with Crippen LogP contribution in [0.1, 0.15) is 15.9 Å². The first-order chi connectivity index (χ1) is 14.8. The molecule has 0 aliphatic carbocycles. The number of aromatic nitrogens is 3. The van der Waals surface area contributed by atoms with Gasteiger partial charge in [0.15, 0.2) is 0 Å². The van der Waals surface area contributed by atoms with E-state index in [4.69, 9.17) is 4.74 Å². The van der Waals surface area contributed by atoms with Gasteiger partial charge in [-0.15, -0.1) is 0 Å². The van der Waals surface area contributed by atoms with Crippen molar-refractivity contribution in [3.63, 3.8) is 0 Å². The van der Waals surface area contributed by atoms with Gasteiger partial charge >= 0.3 is 0 Å². The van der Waals surface area contributed by atoms with Gasteiger partial charge in [-0.1, -0.05) is 36.4 Å². The summed E-state index contributed by atoms with van der Waals surface area (Å²) in [5.41, 5.74) is 4.42. The van der Waals surface area contributed by atoms with Crippen LogP contribution in [0.4, 0.5) is 0 Å². The molecule has 0 radical (unpaired) electrons. The van der Waals surface area contributed by atoms with E-state index in [-0.39, 0.29) is 12.0 Å². The lowest BCUT2D eigenvalue weighted by molar-refractivity contribution is 0.0933. The number of carbonyl (C=O) groups is 1. The summed E-state index contributed by atoms with van der Waals surface area (Å²) in [4.78, 5) is 17.0. The van der Waals surface area contributed by atoms with E-state index in [2.05, 4.69) is 21.5 Å².